The van der Waals surface area contributed by atoms with Crippen molar-refractivity contribution in [1.82, 2.24) is 10.2 Å². The maximum Gasteiger partial charge on any atom is 0.240 e. The largest absolute Gasteiger partial charge is 0.353 e. The molecule has 3 N–H and O–H groups in total. The van der Waals surface area contributed by atoms with Gasteiger partial charge in [0.2, 0.25) is 5.91 Å². The first-order valence-corrected chi connectivity index (χ1v) is 8.79. The maximum absolute atomic E-state index is 12.5. The van der Waals surface area contributed by atoms with Gasteiger partial charge in [0.25, 0.3) is 0 Å². The van der Waals surface area contributed by atoms with E-state index in [4.69, 9.17) is 5.73 Å². The van der Waals surface area contributed by atoms with Gasteiger partial charge in [0.1, 0.15) is 0 Å². The molecular formula is C19H31N3O. The highest BCUT2D eigenvalue weighted by Crippen LogP contribution is 2.26. The third-order valence-electron chi connectivity index (χ3n) is 5.05. The SMILES string of the molecule is CCc1ccc(C(CNC(=O)C2(N)CCCCC2)N(C)C)cc1. The first-order chi connectivity index (χ1) is 11.0. The zero-order chi connectivity index (χ0) is 16.9. The minimum atomic E-state index is -0.665. The van der Waals surface area contributed by atoms with Gasteiger partial charge in [-0.25, -0.2) is 0 Å². The normalized spacial score (nSPS) is 18.7. The third-order valence-corrected chi connectivity index (χ3v) is 5.05. The van der Waals surface area contributed by atoms with E-state index in [0.717, 1.165) is 32.1 Å². The number of likely N-dealkylation sites (N-methyl/N-ethyl adjacent to an activating group) is 1. The highest BCUT2D eigenvalue weighted by molar-refractivity contribution is 5.86. The average molecular weight is 317 g/mol. The van der Waals surface area contributed by atoms with Crippen LogP contribution < -0.4 is 11.1 Å². The van der Waals surface area contributed by atoms with Crippen molar-refractivity contribution >= 4 is 5.91 Å². The van der Waals surface area contributed by atoms with Crippen LogP contribution in [0, 0.1) is 0 Å². The van der Waals surface area contributed by atoms with Crippen LogP contribution in [-0.2, 0) is 11.2 Å². The molecule has 0 spiro atoms. The van der Waals surface area contributed by atoms with Crippen molar-refractivity contribution in [3.05, 3.63) is 35.4 Å². The molecule has 0 heterocycles. The fraction of sp³-hybridized carbons (Fsp3) is 0.632. The number of aryl methyl sites for hydroxylation is 1. The van der Waals surface area contributed by atoms with E-state index in [1.807, 2.05) is 14.1 Å². The molecule has 1 aliphatic carbocycles. The lowest BCUT2D eigenvalue weighted by atomic mass is 9.82. The molecule has 4 nitrogen and oxygen atoms in total. The van der Waals surface area contributed by atoms with Gasteiger partial charge in [0.15, 0.2) is 0 Å². The fourth-order valence-electron chi connectivity index (χ4n) is 3.35. The number of hydrogen-bond donors (Lipinski definition) is 2. The molecule has 1 amide bonds. The second-order valence-electron chi connectivity index (χ2n) is 7.00. The Labute approximate surface area is 140 Å². The van der Waals surface area contributed by atoms with Crippen LogP contribution in [0.4, 0.5) is 0 Å². The summed E-state index contributed by atoms with van der Waals surface area (Å²) in [6, 6.07) is 8.82. The molecule has 23 heavy (non-hydrogen) atoms. The van der Waals surface area contributed by atoms with Gasteiger partial charge in [-0.3, -0.25) is 4.79 Å². The summed E-state index contributed by atoms with van der Waals surface area (Å²) >= 11 is 0. The van der Waals surface area contributed by atoms with Gasteiger partial charge in [0, 0.05) is 6.54 Å². The van der Waals surface area contributed by atoms with Crippen molar-refractivity contribution in [1.29, 1.82) is 0 Å². The molecule has 1 saturated carbocycles. The van der Waals surface area contributed by atoms with Crippen LogP contribution in [0.15, 0.2) is 24.3 Å². The Balaban J connectivity index is 2.00. The van der Waals surface area contributed by atoms with E-state index in [2.05, 4.69) is 41.4 Å². The highest BCUT2D eigenvalue weighted by Gasteiger charge is 2.35. The molecule has 1 aromatic rings. The summed E-state index contributed by atoms with van der Waals surface area (Å²) in [4.78, 5) is 14.7. The quantitative estimate of drug-likeness (QED) is 0.848. The number of nitrogens with one attached hydrogen (secondary N) is 1. The number of rotatable bonds is 6. The summed E-state index contributed by atoms with van der Waals surface area (Å²) in [5.74, 6) is 0.00854. The number of amides is 1. The molecule has 2 rings (SSSR count). The Morgan fingerprint density at radius 2 is 1.83 bits per heavy atom. The number of nitrogens with zero attached hydrogens (tertiary/aromatic N) is 1. The van der Waals surface area contributed by atoms with E-state index < -0.39 is 5.54 Å². The van der Waals surface area contributed by atoms with Crippen LogP contribution in [0.3, 0.4) is 0 Å². The molecular weight excluding hydrogens is 286 g/mol. The van der Waals surface area contributed by atoms with E-state index in [9.17, 15) is 4.79 Å². The van der Waals surface area contributed by atoms with Crippen LogP contribution in [0.5, 0.6) is 0 Å². The van der Waals surface area contributed by atoms with Crippen molar-refractivity contribution in [2.24, 2.45) is 5.73 Å². The van der Waals surface area contributed by atoms with E-state index in [-0.39, 0.29) is 11.9 Å². The molecule has 1 aliphatic rings. The molecule has 0 radical (unpaired) electrons. The van der Waals surface area contributed by atoms with Crippen molar-refractivity contribution in [2.45, 2.75) is 57.0 Å². The van der Waals surface area contributed by atoms with Crippen molar-refractivity contribution in [2.75, 3.05) is 20.6 Å². The number of carbonyl (C=O) groups is 1. The molecule has 4 heteroatoms. The highest BCUT2D eigenvalue weighted by atomic mass is 16.2. The minimum absolute atomic E-state index is 0.00854. The molecule has 0 aliphatic heterocycles. The molecule has 1 unspecified atom stereocenters. The Kier molecular flexibility index (Phi) is 6.19. The lowest BCUT2D eigenvalue weighted by molar-refractivity contribution is -0.127. The average Bonchev–Trinajstić information content (AvgIpc) is 2.55. The fourth-order valence-corrected chi connectivity index (χ4v) is 3.35. The third kappa shape index (κ3) is 4.55. The number of carbonyl (C=O) groups excluding carboxylic acids is 1. The van der Waals surface area contributed by atoms with Crippen LogP contribution in [0.1, 0.15) is 56.2 Å². The molecule has 0 aromatic heterocycles. The van der Waals surface area contributed by atoms with Gasteiger partial charge in [-0.15, -0.1) is 0 Å². The molecule has 1 aromatic carbocycles. The van der Waals surface area contributed by atoms with Crippen molar-refractivity contribution < 1.29 is 4.79 Å². The number of hydrogen-bond acceptors (Lipinski definition) is 3. The zero-order valence-corrected chi connectivity index (χ0v) is 14.8. The predicted octanol–water partition coefficient (Wildman–Crippen LogP) is 2.63. The smallest absolute Gasteiger partial charge is 0.240 e. The molecule has 128 valence electrons. The lowest BCUT2D eigenvalue weighted by Crippen LogP contribution is -2.55. The van der Waals surface area contributed by atoms with Gasteiger partial charge >= 0.3 is 0 Å². The summed E-state index contributed by atoms with van der Waals surface area (Å²) in [6.45, 7) is 2.75. The summed E-state index contributed by atoms with van der Waals surface area (Å²) < 4.78 is 0. The Morgan fingerprint density at radius 3 is 2.35 bits per heavy atom. The van der Waals surface area contributed by atoms with E-state index in [1.165, 1.54) is 17.5 Å². The van der Waals surface area contributed by atoms with Gasteiger partial charge in [0.05, 0.1) is 11.6 Å². The Hall–Kier alpha value is -1.39. The topological polar surface area (TPSA) is 58.4 Å². The molecule has 0 saturated heterocycles. The lowest BCUT2D eigenvalue weighted by Gasteiger charge is -2.33. The predicted molar refractivity (Wildman–Crippen MR) is 95.3 cm³/mol. The Bertz CT molecular complexity index is 504. The maximum atomic E-state index is 12.5. The van der Waals surface area contributed by atoms with Gasteiger partial charge < -0.3 is 16.0 Å². The molecule has 1 fully saturated rings. The minimum Gasteiger partial charge on any atom is -0.353 e. The second-order valence-corrected chi connectivity index (χ2v) is 7.00. The summed E-state index contributed by atoms with van der Waals surface area (Å²) in [5.41, 5.74) is 8.21. The van der Waals surface area contributed by atoms with Gasteiger partial charge in [-0.1, -0.05) is 50.5 Å². The van der Waals surface area contributed by atoms with Crippen LogP contribution in [0.25, 0.3) is 0 Å². The van der Waals surface area contributed by atoms with E-state index in [1.54, 1.807) is 0 Å². The van der Waals surface area contributed by atoms with Crippen LogP contribution >= 0.6 is 0 Å². The first-order valence-electron chi connectivity index (χ1n) is 8.79. The standard InChI is InChI=1S/C19H31N3O/c1-4-15-8-10-16(11-9-15)17(22(2)3)14-21-18(23)19(20)12-6-5-7-13-19/h8-11,17H,4-7,12-14,20H2,1-3H3,(H,21,23). The van der Waals surface area contributed by atoms with Crippen molar-refractivity contribution in [3.63, 3.8) is 0 Å². The summed E-state index contributed by atoms with van der Waals surface area (Å²) in [7, 11) is 4.09. The summed E-state index contributed by atoms with van der Waals surface area (Å²) in [5, 5.41) is 3.10. The monoisotopic (exact) mass is 317 g/mol. The Morgan fingerprint density at radius 1 is 1.22 bits per heavy atom. The molecule has 1 atom stereocenters. The van der Waals surface area contributed by atoms with E-state index in [0.29, 0.717) is 6.54 Å². The van der Waals surface area contributed by atoms with Crippen molar-refractivity contribution in [3.8, 4) is 0 Å². The van der Waals surface area contributed by atoms with E-state index >= 15 is 0 Å². The second kappa shape index (κ2) is 7.93. The number of nitrogens with two attached hydrogens (primary N) is 1. The van der Waals surface area contributed by atoms with Crippen LogP contribution in [-0.4, -0.2) is 37.0 Å². The first kappa shape index (κ1) is 18.0. The molecule has 0 bridgehead atoms. The number of benzene rings is 1. The van der Waals surface area contributed by atoms with Gasteiger partial charge in [-0.05, 0) is 44.5 Å². The zero-order valence-electron chi connectivity index (χ0n) is 14.8. The van der Waals surface area contributed by atoms with Crippen LogP contribution in [0.2, 0.25) is 0 Å². The summed E-state index contributed by atoms with van der Waals surface area (Å²) in [6.07, 6.45) is 5.95. The van der Waals surface area contributed by atoms with Gasteiger partial charge in [-0.2, -0.15) is 0 Å².